The standard InChI is InChI=1S/C20H14F3NO2/c21-20(22,23)26-16-12-10-15(11-13-16)19(25)24-18-9-5-4-8-17(18)14-6-2-1-3-7-14/h1-13H,(H,24,25). The molecule has 3 nitrogen and oxygen atoms in total. The van der Waals surface area contributed by atoms with Gasteiger partial charge >= 0.3 is 6.36 Å². The summed E-state index contributed by atoms with van der Waals surface area (Å²) in [6, 6.07) is 21.6. The van der Waals surface area contributed by atoms with Crippen LogP contribution >= 0.6 is 0 Å². The molecular weight excluding hydrogens is 343 g/mol. The molecule has 3 rings (SSSR count). The van der Waals surface area contributed by atoms with E-state index in [0.29, 0.717) is 5.69 Å². The Kier molecular flexibility index (Phi) is 4.93. The van der Waals surface area contributed by atoms with Crippen LogP contribution in [0.2, 0.25) is 0 Å². The van der Waals surface area contributed by atoms with Gasteiger partial charge in [0.1, 0.15) is 5.75 Å². The Morgan fingerprint density at radius 3 is 2.08 bits per heavy atom. The molecule has 0 atom stereocenters. The zero-order valence-electron chi connectivity index (χ0n) is 13.5. The second-order valence-corrected chi connectivity index (χ2v) is 5.44. The summed E-state index contributed by atoms with van der Waals surface area (Å²) in [5, 5.41) is 2.79. The maximum absolute atomic E-state index is 12.4. The van der Waals surface area contributed by atoms with Gasteiger partial charge in [0.2, 0.25) is 0 Å². The third-order valence-corrected chi connectivity index (χ3v) is 3.61. The highest BCUT2D eigenvalue weighted by molar-refractivity contribution is 6.06. The minimum atomic E-state index is -4.77. The van der Waals surface area contributed by atoms with E-state index in [-0.39, 0.29) is 11.3 Å². The Balaban J connectivity index is 1.79. The first-order chi connectivity index (χ1) is 12.4. The van der Waals surface area contributed by atoms with Gasteiger partial charge in [-0.25, -0.2) is 0 Å². The van der Waals surface area contributed by atoms with Crippen molar-refractivity contribution in [2.45, 2.75) is 6.36 Å². The number of carbonyl (C=O) groups excluding carboxylic acids is 1. The summed E-state index contributed by atoms with van der Waals surface area (Å²) in [5.41, 5.74) is 2.62. The number of carbonyl (C=O) groups is 1. The average Bonchev–Trinajstić information content (AvgIpc) is 2.62. The van der Waals surface area contributed by atoms with Gasteiger partial charge in [0, 0.05) is 16.8 Å². The highest BCUT2D eigenvalue weighted by Crippen LogP contribution is 2.28. The molecule has 26 heavy (non-hydrogen) atoms. The minimum absolute atomic E-state index is 0.224. The zero-order chi connectivity index (χ0) is 18.6. The lowest BCUT2D eigenvalue weighted by Gasteiger charge is -2.12. The third-order valence-electron chi connectivity index (χ3n) is 3.61. The predicted octanol–water partition coefficient (Wildman–Crippen LogP) is 5.50. The highest BCUT2D eigenvalue weighted by atomic mass is 19.4. The molecule has 0 saturated heterocycles. The van der Waals surface area contributed by atoms with Crippen molar-refractivity contribution in [3.8, 4) is 16.9 Å². The van der Waals surface area contributed by atoms with Gasteiger partial charge in [-0.3, -0.25) is 4.79 Å². The van der Waals surface area contributed by atoms with Gasteiger partial charge in [-0.15, -0.1) is 13.2 Å². The fraction of sp³-hybridized carbons (Fsp3) is 0.0500. The summed E-state index contributed by atoms with van der Waals surface area (Å²) in [6.07, 6.45) is -4.77. The molecule has 6 heteroatoms. The number of hydrogen-bond donors (Lipinski definition) is 1. The van der Waals surface area contributed by atoms with Crippen molar-refractivity contribution in [2.24, 2.45) is 0 Å². The molecule has 0 bridgehead atoms. The number of hydrogen-bond acceptors (Lipinski definition) is 2. The molecule has 3 aromatic carbocycles. The van der Waals surface area contributed by atoms with Crippen molar-refractivity contribution >= 4 is 11.6 Å². The monoisotopic (exact) mass is 357 g/mol. The van der Waals surface area contributed by atoms with Crippen LogP contribution in [0.4, 0.5) is 18.9 Å². The molecule has 0 saturated carbocycles. The summed E-state index contributed by atoms with van der Waals surface area (Å²) in [4.78, 5) is 12.4. The van der Waals surface area contributed by atoms with Crippen molar-refractivity contribution < 1.29 is 22.7 Å². The highest BCUT2D eigenvalue weighted by Gasteiger charge is 2.31. The number of ether oxygens (including phenoxy) is 1. The Morgan fingerprint density at radius 2 is 1.42 bits per heavy atom. The average molecular weight is 357 g/mol. The lowest BCUT2D eigenvalue weighted by Crippen LogP contribution is -2.17. The van der Waals surface area contributed by atoms with Gasteiger partial charge in [0.15, 0.2) is 0 Å². The number of alkyl halides is 3. The van der Waals surface area contributed by atoms with Crippen molar-refractivity contribution in [1.29, 1.82) is 0 Å². The largest absolute Gasteiger partial charge is 0.573 e. The van der Waals surface area contributed by atoms with Crippen molar-refractivity contribution in [2.75, 3.05) is 5.32 Å². The van der Waals surface area contributed by atoms with Crippen molar-refractivity contribution in [3.63, 3.8) is 0 Å². The van der Waals surface area contributed by atoms with E-state index in [0.717, 1.165) is 23.3 Å². The smallest absolute Gasteiger partial charge is 0.406 e. The summed E-state index contributed by atoms with van der Waals surface area (Å²) < 4.78 is 40.4. The molecule has 0 aromatic heterocycles. The van der Waals surface area contributed by atoms with E-state index in [1.165, 1.54) is 12.1 Å². The van der Waals surface area contributed by atoms with E-state index < -0.39 is 12.3 Å². The van der Waals surface area contributed by atoms with Gasteiger partial charge in [-0.1, -0.05) is 48.5 Å². The molecule has 0 heterocycles. The van der Waals surface area contributed by atoms with Crippen LogP contribution in [0.15, 0.2) is 78.9 Å². The van der Waals surface area contributed by atoms with E-state index in [1.807, 2.05) is 42.5 Å². The Hall–Kier alpha value is -3.28. The fourth-order valence-electron chi connectivity index (χ4n) is 2.46. The lowest BCUT2D eigenvalue weighted by molar-refractivity contribution is -0.274. The van der Waals surface area contributed by atoms with Crippen LogP contribution in [-0.4, -0.2) is 12.3 Å². The first-order valence-corrected chi connectivity index (χ1v) is 7.74. The molecule has 0 aliphatic carbocycles. The first-order valence-electron chi connectivity index (χ1n) is 7.74. The van der Waals surface area contributed by atoms with E-state index >= 15 is 0 Å². The Bertz CT molecular complexity index is 891. The van der Waals surface area contributed by atoms with Crippen LogP contribution < -0.4 is 10.1 Å². The number of rotatable bonds is 4. The van der Waals surface area contributed by atoms with Gasteiger partial charge in [0.05, 0.1) is 0 Å². The number of amides is 1. The van der Waals surface area contributed by atoms with Crippen LogP contribution in [0.3, 0.4) is 0 Å². The first kappa shape index (κ1) is 17.5. The topological polar surface area (TPSA) is 38.3 Å². The summed E-state index contributed by atoms with van der Waals surface area (Å²) >= 11 is 0. The second kappa shape index (κ2) is 7.31. The molecule has 1 N–H and O–H groups in total. The molecule has 0 fully saturated rings. The maximum atomic E-state index is 12.4. The van der Waals surface area contributed by atoms with Gasteiger partial charge in [0.25, 0.3) is 5.91 Å². The lowest BCUT2D eigenvalue weighted by atomic mass is 10.0. The van der Waals surface area contributed by atoms with Crippen LogP contribution in [0.1, 0.15) is 10.4 Å². The van der Waals surface area contributed by atoms with Crippen LogP contribution in [-0.2, 0) is 0 Å². The molecule has 0 aliphatic rings. The van der Waals surface area contributed by atoms with E-state index in [1.54, 1.807) is 12.1 Å². The number of benzene rings is 3. The quantitative estimate of drug-likeness (QED) is 0.669. The molecular formula is C20H14F3NO2. The SMILES string of the molecule is O=C(Nc1ccccc1-c1ccccc1)c1ccc(OC(F)(F)F)cc1. The summed E-state index contributed by atoms with van der Waals surface area (Å²) in [5.74, 6) is -0.800. The number of nitrogens with one attached hydrogen (secondary N) is 1. The number of anilines is 1. The third kappa shape index (κ3) is 4.42. The molecule has 0 spiro atoms. The Morgan fingerprint density at radius 1 is 0.808 bits per heavy atom. The number of para-hydroxylation sites is 1. The van der Waals surface area contributed by atoms with Gasteiger partial charge in [-0.2, -0.15) is 0 Å². The Labute approximate surface area is 148 Å². The van der Waals surface area contributed by atoms with E-state index in [9.17, 15) is 18.0 Å². The summed E-state index contributed by atoms with van der Waals surface area (Å²) in [6.45, 7) is 0. The molecule has 132 valence electrons. The number of halogens is 3. The van der Waals surface area contributed by atoms with Crippen LogP contribution in [0.5, 0.6) is 5.75 Å². The minimum Gasteiger partial charge on any atom is -0.406 e. The maximum Gasteiger partial charge on any atom is 0.573 e. The fourth-order valence-corrected chi connectivity index (χ4v) is 2.46. The predicted molar refractivity (Wildman–Crippen MR) is 93.0 cm³/mol. The molecule has 1 amide bonds. The normalized spacial score (nSPS) is 11.0. The van der Waals surface area contributed by atoms with E-state index in [4.69, 9.17) is 0 Å². The van der Waals surface area contributed by atoms with Crippen LogP contribution in [0, 0.1) is 0 Å². The molecule has 0 aliphatic heterocycles. The van der Waals surface area contributed by atoms with E-state index in [2.05, 4.69) is 10.1 Å². The van der Waals surface area contributed by atoms with Crippen molar-refractivity contribution in [1.82, 2.24) is 0 Å². The summed E-state index contributed by atoms with van der Waals surface area (Å²) in [7, 11) is 0. The van der Waals surface area contributed by atoms with Crippen LogP contribution in [0.25, 0.3) is 11.1 Å². The zero-order valence-corrected chi connectivity index (χ0v) is 13.5. The second-order valence-electron chi connectivity index (χ2n) is 5.44. The molecule has 0 unspecified atom stereocenters. The molecule has 3 aromatic rings. The van der Waals surface area contributed by atoms with Gasteiger partial charge < -0.3 is 10.1 Å². The van der Waals surface area contributed by atoms with Crippen molar-refractivity contribution in [3.05, 3.63) is 84.4 Å². The van der Waals surface area contributed by atoms with Gasteiger partial charge in [-0.05, 0) is 35.9 Å². The molecule has 0 radical (unpaired) electrons.